The van der Waals surface area contributed by atoms with Crippen LogP contribution in [0.4, 0.5) is 18.9 Å². The first-order valence-corrected chi connectivity index (χ1v) is 10.4. The molecule has 1 atom stereocenters. The van der Waals surface area contributed by atoms with E-state index in [9.17, 15) is 27.6 Å². The summed E-state index contributed by atoms with van der Waals surface area (Å²) in [7, 11) is 0. The van der Waals surface area contributed by atoms with Gasteiger partial charge in [-0.3, -0.25) is 19.8 Å². The number of benzene rings is 2. The average molecular weight is 458 g/mol. The minimum absolute atomic E-state index is 0.0246. The molecule has 0 bridgehead atoms. The summed E-state index contributed by atoms with van der Waals surface area (Å²) in [5.41, 5.74) is 2.19. The van der Waals surface area contributed by atoms with Crippen molar-refractivity contribution >= 4 is 29.2 Å². The Hall–Kier alpha value is -3.69. The lowest BCUT2D eigenvalue weighted by molar-refractivity contribution is -0.171. The van der Waals surface area contributed by atoms with Gasteiger partial charge in [-0.1, -0.05) is 30.3 Å². The first kappa shape index (κ1) is 22.5. The molecule has 1 aliphatic heterocycles. The molecule has 10 heteroatoms. The maximum absolute atomic E-state index is 12.8. The molecule has 1 aliphatic carbocycles. The number of alkyl halides is 3. The fourth-order valence-corrected chi connectivity index (χ4v) is 3.81. The van der Waals surface area contributed by atoms with E-state index in [0.29, 0.717) is 6.42 Å². The topological polar surface area (TPSA) is 102 Å². The Morgan fingerprint density at radius 2 is 1.64 bits per heavy atom. The highest BCUT2D eigenvalue weighted by Gasteiger charge is 2.41. The molecular formula is C23H21F3N4O3. The number of rotatable bonds is 5. The number of carbonyl (C=O) groups excluding carboxylic acids is 3. The predicted molar refractivity (Wildman–Crippen MR) is 114 cm³/mol. The number of carbonyl (C=O) groups is 3. The molecular weight excluding hydrogens is 437 g/mol. The van der Waals surface area contributed by atoms with E-state index in [0.717, 1.165) is 24.1 Å². The molecule has 33 heavy (non-hydrogen) atoms. The zero-order valence-corrected chi connectivity index (χ0v) is 17.4. The van der Waals surface area contributed by atoms with Gasteiger partial charge in [0.25, 0.3) is 5.91 Å². The summed E-state index contributed by atoms with van der Waals surface area (Å²) in [5, 5.41) is 11.9. The van der Waals surface area contributed by atoms with Crippen molar-refractivity contribution in [3.05, 3.63) is 65.2 Å². The molecule has 2 aliphatic rings. The van der Waals surface area contributed by atoms with Crippen molar-refractivity contribution < 1.29 is 27.6 Å². The van der Waals surface area contributed by atoms with Crippen LogP contribution in [0.15, 0.2) is 48.5 Å². The molecule has 7 nitrogen and oxygen atoms in total. The number of amidine groups is 1. The first-order valence-electron chi connectivity index (χ1n) is 10.4. The van der Waals surface area contributed by atoms with Crippen LogP contribution in [0.3, 0.4) is 0 Å². The van der Waals surface area contributed by atoms with Crippen molar-refractivity contribution in [1.29, 1.82) is 5.41 Å². The molecule has 2 aromatic rings. The normalized spacial score (nSPS) is 17.3. The van der Waals surface area contributed by atoms with Crippen molar-refractivity contribution in [2.24, 2.45) is 5.92 Å². The third kappa shape index (κ3) is 4.89. The highest BCUT2D eigenvalue weighted by Crippen LogP contribution is 2.38. The molecule has 3 N–H and O–H groups in total. The van der Waals surface area contributed by atoms with Crippen molar-refractivity contribution in [2.75, 3.05) is 11.4 Å². The number of fused-ring (bicyclic) bond motifs is 1. The number of amides is 3. The standard InChI is InChI=1S/C23H21F3N4O3/c24-23(25,26)22(33)29-19(27)13-5-7-14(8-6-13)20(31)28-12-17-11-16-3-1-2-4-18(16)30(17)21(32)15-9-10-15/h1-8,15,17H,9-12H2,(H,28,31)(H2,27,29,33). The Morgan fingerprint density at radius 1 is 1.00 bits per heavy atom. The minimum Gasteiger partial charge on any atom is -0.350 e. The third-order valence-electron chi connectivity index (χ3n) is 5.67. The van der Waals surface area contributed by atoms with Crippen LogP contribution in [0.5, 0.6) is 0 Å². The van der Waals surface area contributed by atoms with Crippen LogP contribution < -0.4 is 15.5 Å². The molecule has 1 fully saturated rings. The van der Waals surface area contributed by atoms with Crippen LogP contribution in [0.1, 0.15) is 34.3 Å². The van der Waals surface area contributed by atoms with Crippen molar-refractivity contribution in [2.45, 2.75) is 31.5 Å². The lowest BCUT2D eigenvalue weighted by atomic mass is 10.1. The van der Waals surface area contributed by atoms with Crippen molar-refractivity contribution in [3.63, 3.8) is 0 Å². The second-order valence-corrected chi connectivity index (χ2v) is 8.08. The Kier molecular flexibility index (Phi) is 5.92. The maximum Gasteiger partial charge on any atom is 0.471 e. The van der Waals surface area contributed by atoms with Crippen LogP contribution in [-0.2, 0) is 16.0 Å². The Morgan fingerprint density at radius 3 is 2.27 bits per heavy atom. The number of nitrogens with one attached hydrogen (secondary N) is 3. The maximum atomic E-state index is 12.8. The highest BCUT2D eigenvalue weighted by atomic mass is 19.4. The van der Waals surface area contributed by atoms with Gasteiger partial charge >= 0.3 is 12.1 Å². The van der Waals surface area contributed by atoms with E-state index < -0.39 is 23.8 Å². The molecule has 4 rings (SSSR count). The van der Waals surface area contributed by atoms with Gasteiger partial charge < -0.3 is 15.5 Å². The van der Waals surface area contributed by atoms with Gasteiger partial charge in [-0.15, -0.1) is 0 Å². The lowest BCUT2D eigenvalue weighted by Crippen LogP contribution is -2.45. The van der Waals surface area contributed by atoms with Gasteiger partial charge in [-0.25, -0.2) is 0 Å². The van der Waals surface area contributed by atoms with Gasteiger partial charge in [0, 0.05) is 29.3 Å². The molecule has 2 aromatic carbocycles. The van der Waals surface area contributed by atoms with Crippen molar-refractivity contribution in [1.82, 2.24) is 10.6 Å². The van der Waals surface area contributed by atoms with Gasteiger partial charge in [0.1, 0.15) is 5.84 Å². The number of anilines is 1. The Bertz CT molecular complexity index is 1110. The second kappa shape index (κ2) is 8.68. The largest absolute Gasteiger partial charge is 0.471 e. The van der Waals surface area contributed by atoms with Crippen LogP contribution in [0, 0.1) is 11.3 Å². The monoisotopic (exact) mass is 458 g/mol. The summed E-state index contributed by atoms with van der Waals surface area (Å²) in [4.78, 5) is 38.2. The smallest absolute Gasteiger partial charge is 0.350 e. The molecule has 0 radical (unpaired) electrons. The minimum atomic E-state index is -5.10. The van der Waals surface area contributed by atoms with Crippen LogP contribution in [0.2, 0.25) is 0 Å². The summed E-state index contributed by atoms with van der Waals surface area (Å²) >= 11 is 0. The lowest BCUT2D eigenvalue weighted by Gasteiger charge is -2.26. The number of hydrogen-bond donors (Lipinski definition) is 3. The SMILES string of the molecule is N=C(NC(=O)C(F)(F)F)c1ccc(C(=O)NCC2Cc3ccccc3N2C(=O)C2CC2)cc1. The molecule has 1 saturated carbocycles. The van der Waals surface area contributed by atoms with Gasteiger partial charge in [0.2, 0.25) is 5.91 Å². The molecule has 3 amide bonds. The fraction of sp³-hybridized carbons (Fsp3) is 0.304. The molecule has 0 saturated heterocycles. The Balaban J connectivity index is 1.38. The van der Waals surface area contributed by atoms with Crippen LogP contribution in [-0.4, -0.2) is 42.3 Å². The summed E-state index contributed by atoms with van der Waals surface area (Å²) in [6.45, 7) is 0.241. The van der Waals surface area contributed by atoms with E-state index in [4.69, 9.17) is 5.41 Å². The zero-order chi connectivity index (χ0) is 23.8. The van der Waals surface area contributed by atoms with Crippen LogP contribution in [0.25, 0.3) is 0 Å². The molecule has 1 heterocycles. The summed E-state index contributed by atoms with van der Waals surface area (Å²) in [6, 6.07) is 12.7. The van der Waals surface area contributed by atoms with Gasteiger partial charge in [-0.05, 0) is 43.0 Å². The fourth-order valence-electron chi connectivity index (χ4n) is 3.81. The Labute approximate surface area is 187 Å². The summed E-state index contributed by atoms with van der Waals surface area (Å²) in [5.74, 6) is -3.26. The molecule has 0 spiro atoms. The first-order chi connectivity index (χ1) is 15.6. The van der Waals surface area contributed by atoms with E-state index in [1.807, 2.05) is 24.3 Å². The van der Waals surface area contributed by atoms with Gasteiger partial charge in [-0.2, -0.15) is 13.2 Å². The number of para-hydroxylation sites is 1. The van der Waals surface area contributed by atoms with Gasteiger partial charge in [0.05, 0.1) is 6.04 Å². The highest BCUT2D eigenvalue weighted by molar-refractivity contribution is 6.08. The molecule has 1 unspecified atom stereocenters. The number of halogens is 3. The number of hydrogen-bond acceptors (Lipinski definition) is 4. The van der Waals surface area contributed by atoms with E-state index in [-0.39, 0.29) is 35.5 Å². The summed E-state index contributed by atoms with van der Waals surface area (Å²) < 4.78 is 37.0. The molecule has 0 aromatic heterocycles. The van der Waals surface area contributed by atoms with Gasteiger partial charge in [0.15, 0.2) is 0 Å². The number of nitrogens with zero attached hydrogens (tertiary/aromatic N) is 1. The van der Waals surface area contributed by atoms with E-state index in [1.54, 1.807) is 4.90 Å². The second-order valence-electron chi connectivity index (χ2n) is 8.08. The molecule has 172 valence electrons. The van der Waals surface area contributed by atoms with E-state index in [2.05, 4.69) is 5.32 Å². The van der Waals surface area contributed by atoms with E-state index in [1.165, 1.54) is 29.6 Å². The summed E-state index contributed by atoms with van der Waals surface area (Å²) in [6.07, 6.45) is -2.71. The third-order valence-corrected chi connectivity index (χ3v) is 5.67. The van der Waals surface area contributed by atoms with E-state index >= 15 is 0 Å². The van der Waals surface area contributed by atoms with Crippen molar-refractivity contribution in [3.8, 4) is 0 Å². The zero-order valence-electron chi connectivity index (χ0n) is 17.4. The average Bonchev–Trinajstić information content (AvgIpc) is 3.57. The van der Waals surface area contributed by atoms with Crippen LogP contribution >= 0.6 is 0 Å². The predicted octanol–water partition coefficient (Wildman–Crippen LogP) is 2.79. The quantitative estimate of drug-likeness (QED) is 0.474.